The number of carbonyl (C=O) groups is 2. The van der Waals surface area contributed by atoms with E-state index in [-0.39, 0.29) is 24.4 Å². The monoisotopic (exact) mass is 298 g/mol. The van der Waals surface area contributed by atoms with Crippen LogP contribution in [0.3, 0.4) is 0 Å². The second-order valence-corrected chi connectivity index (χ2v) is 5.14. The number of esters is 1. The Morgan fingerprint density at radius 3 is 2.48 bits per heavy atom. The summed E-state index contributed by atoms with van der Waals surface area (Å²) in [7, 11) is 0. The highest BCUT2D eigenvalue weighted by molar-refractivity contribution is 5.98. The Morgan fingerprint density at radius 2 is 2.05 bits per heavy atom. The molecular formula is C16H26O5. The van der Waals surface area contributed by atoms with Gasteiger partial charge in [-0.3, -0.25) is 4.79 Å². The Kier molecular flexibility index (Phi) is 8.81. The van der Waals surface area contributed by atoms with Crippen LogP contribution in [0, 0.1) is 5.92 Å². The van der Waals surface area contributed by atoms with E-state index in [2.05, 4.69) is 20.1 Å². The van der Waals surface area contributed by atoms with Crippen molar-refractivity contribution in [3.63, 3.8) is 0 Å². The van der Waals surface area contributed by atoms with Crippen molar-refractivity contribution in [3.8, 4) is 0 Å². The van der Waals surface area contributed by atoms with E-state index in [1.54, 1.807) is 0 Å². The lowest BCUT2D eigenvalue weighted by Crippen LogP contribution is -2.52. The highest BCUT2D eigenvalue weighted by Crippen LogP contribution is 2.19. The number of aldehydes is 1. The van der Waals surface area contributed by atoms with Gasteiger partial charge in [0.2, 0.25) is 5.60 Å². The van der Waals surface area contributed by atoms with E-state index in [0.29, 0.717) is 0 Å². The van der Waals surface area contributed by atoms with Crippen molar-refractivity contribution in [1.82, 2.24) is 0 Å². The number of carbonyl (C=O) groups excluding carboxylic acids is 2. The average Bonchev–Trinajstić information content (AvgIpc) is 2.52. The van der Waals surface area contributed by atoms with E-state index in [4.69, 9.17) is 4.74 Å². The Labute approximate surface area is 126 Å². The molecule has 2 N–H and O–H groups in total. The summed E-state index contributed by atoms with van der Waals surface area (Å²) in [6.45, 7) is 11.0. The van der Waals surface area contributed by atoms with Crippen LogP contribution in [0.1, 0.15) is 39.5 Å². The lowest BCUT2D eigenvalue weighted by molar-refractivity contribution is -0.176. The van der Waals surface area contributed by atoms with Crippen molar-refractivity contribution in [2.75, 3.05) is 6.61 Å². The van der Waals surface area contributed by atoms with Crippen molar-refractivity contribution in [3.05, 3.63) is 24.8 Å². The maximum Gasteiger partial charge on any atom is 0.348 e. The summed E-state index contributed by atoms with van der Waals surface area (Å²) in [5, 5.41) is 19.8. The van der Waals surface area contributed by atoms with Crippen molar-refractivity contribution >= 4 is 12.3 Å². The zero-order valence-electron chi connectivity index (χ0n) is 12.9. The summed E-state index contributed by atoms with van der Waals surface area (Å²) in [4.78, 5) is 22.9. The highest BCUT2D eigenvalue weighted by Gasteiger charge is 2.46. The fourth-order valence-corrected chi connectivity index (χ4v) is 1.83. The summed E-state index contributed by atoms with van der Waals surface area (Å²) >= 11 is 0. The van der Waals surface area contributed by atoms with Crippen LogP contribution in [-0.4, -0.2) is 40.8 Å². The van der Waals surface area contributed by atoms with Gasteiger partial charge < -0.3 is 14.9 Å². The van der Waals surface area contributed by atoms with Gasteiger partial charge in [-0.2, -0.15) is 0 Å². The van der Waals surface area contributed by atoms with Crippen molar-refractivity contribution in [2.24, 2.45) is 5.92 Å². The van der Waals surface area contributed by atoms with Crippen molar-refractivity contribution in [2.45, 2.75) is 51.2 Å². The summed E-state index contributed by atoms with van der Waals surface area (Å²) in [6.07, 6.45) is 3.17. The number of unbranched alkanes of at least 4 members (excludes halogenated alkanes) is 1. The molecule has 0 aliphatic carbocycles. The fourth-order valence-electron chi connectivity index (χ4n) is 1.83. The second-order valence-electron chi connectivity index (χ2n) is 5.14. The molecule has 5 heteroatoms. The van der Waals surface area contributed by atoms with E-state index in [1.165, 1.54) is 6.08 Å². The minimum atomic E-state index is -2.64. The van der Waals surface area contributed by atoms with E-state index in [1.807, 2.05) is 6.92 Å². The number of rotatable bonds is 11. The Balaban J connectivity index is 4.75. The lowest BCUT2D eigenvalue weighted by Gasteiger charge is -2.26. The van der Waals surface area contributed by atoms with Gasteiger partial charge >= 0.3 is 5.97 Å². The zero-order valence-corrected chi connectivity index (χ0v) is 12.9. The molecule has 0 saturated carbocycles. The number of ether oxygens (including phenoxy) is 1. The normalized spacial score (nSPS) is 16.4. The quantitative estimate of drug-likeness (QED) is 0.263. The molecule has 0 aromatic heterocycles. The molecule has 0 bridgehead atoms. The maximum absolute atomic E-state index is 11.9. The Morgan fingerprint density at radius 1 is 1.43 bits per heavy atom. The molecule has 0 heterocycles. The molecule has 3 unspecified atom stereocenters. The second kappa shape index (κ2) is 9.47. The minimum absolute atomic E-state index is 0.0261. The minimum Gasteiger partial charge on any atom is -0.463 e. The number of aliphatic hydroxyl groups is 2. The predicted molar refractivity (Wildman–Crippen MR) is 80.6 cm³/mol. The van der Waals surface area contributed by atoms with Gasteiger partial charge in [-0.1, -0.05) is 52.3 Å². The Hall–Kier alpha value is -1.46. The molecule has 0 radical (unpaired) electrons. The first-order valence-corrected chi connectivity index (χ1v) is 7.22. The highest BCUT2D eigenvalue weighted by atomic mass is 16.6. The summed E-state index contributed by atoms with van der Waals surface area (Å²) in [6, 6.07) is 0. The number of hydrogen-bond acceptors (Lipinski definition) is 5. The van der Waals surface area contributed by atoms with E-state index >= 15 is 0 Å². The number of aliphatic hydroxyl groups excluding tert-OH is 1. The molecule has 0 aliphatic heterocycles. The van der Waals surface area contributed by atoms with Crippen LogP contribution >= 0.6 is 0 Å². The first-order valence-electron chi connectivity index (χ1n) is 7.22. The molecule has 0 rings (SSSR count). The molecule has 0 amide bonds. The van der Waals surface area contributed by atoms with Gasteiger partial charge in [-0.05, 0) is 17.9 Å². The van der Waals surface area contributed by atoms with Crippen LogP contribution in [0.5, 0.6) is 0 Å². The van der Waals surface area contributed by atoms with Gasteiger partial charge in [0.25, 0.3) is 0 Å². The summed E-state index contributed by atoms with van der Waals surface area (Å²) in [5.74, 6) is -0.993. The van der Waals surface area contributed by atoms with Crippen LogP contribution in [0.15, 0.2) is 24.8 Å². The van der Waals surface area contributed by atoms with Crippen LogP contribution < -0.4 is 0 Å². The first kappa shape index (κ1) is 19.5. The third-order valence-electron chi connectivity index (χ3n) is 3.53. The van der Waals surface area contributed by atoms with Crippen LogP contribution in [0.2, 0.25) is 0 Å². The third kappa shape index (κ3) is 5.44. The van der Waals surface area contributed by atoms with Gasteiger partial charge in [0.15, 0.2) is 6.29 Å². The zero-order chi connectivity index (χ0) is 16.5. The molecule has 120 valence electrons. The number of hydrogen-bond donors (Lipinski definition) is 2. The van der Waals surface area contributed by atoms with E-state index < -0.39 is 17.7 Å². The van der Waals surface area contributed by atoms with Gasteiger partial charge in [0, 0.05) is 0 Å². The molecule has 21 heavy (non-hydrogen) atoms. The average molecular weight is 298 g/mol. The Bertz CT molecular complexity index is 377. The fraction of sp³-hybridized carbons (Fsp3) is 0.625. The van der Waals surface area contributed by atoms with Crippen LogP contribution in [-0.2, 0) is 14.3 Å². The van der Waals surface area contributed by atoms with E-state index in [9.17, 15) is 19.8 Å². The van der Waals surface area contributed by atoms with Crippen molar-refractivity contribution in [1.29, 1.82) is 0 Å². The first-order chi connectivity index (χ1) is 9.87. The van der Waals surface area contributed by atoms with Gasteiger partial charge in [-0.25, -0.2) is 4.79 Å². The third-order valence-corrected chi connectivity index (χ3v) is 3.53. The molecule has 0 aromatic rings. The molecule has 0 fully saturated rings. The topological polar surface area (TPSA) is 83.8 Å². The molecule has 0 aromatic carbocycles. The van der Waals surface area contributed by atoms with Crippen LogP contribution in [0.25, 0.3) is 0 Å². The van der Waals surface area contributed by atoms with Gasteiger partial charge in [0.05, 0.1) is 6.61 Å². The van der Waals surface area contributed by atoms with Gasteiger partial charge in [0.1, 0.15) is 6.10 Å². The SMILES string of the molecule is C=CC(=C)C(O)C(O)(C=O)C(=O)OCC(CC)CCCC. The van der Waals surface area contributed by atoms with Crippen LogP contribution in [0.4, 0.5) is 0 Å². The maximum atomic E-state index is 11.9. The van der Waals surface area contributed by atoms with Crippen molar-refractivity contribution < 1.29 is 24.5 Å². The molecule has 5 nitrogen and oxygen atoms in total. The van der Waals surface area contributed by atoms with Gasteiger partial charge in [-0.15, -0.1) is 0 Å². The molecule has 0 spiro atoms. The molecular weight excluding hydrogens is 272 g/mol. The largest absolute Gasteiger partial charge is 0.463 e. The summed E-state index contributed by atoms with van der Waals surface area (Å²) in [5.41, 5.74) is -2.67. The summed E-state index contributed by atoms with van der Waals surface area (Å²) < 4.78 is 5.01. The molecule has 0 aliphatic rings. The lowest BCUT2D eigenvalue weighted by atomic mass is 9.93. The van der Waals surface area contributed by atoms with E-state index in [0.717, 1.165) is 25.7 Å². The molecule has 0 saturated heterocycles. The standard InChI is InChI=1S/C16H26O5/c1-5-8-9-13(7-3)10-21-15(19)16(20,11-17)14(18)12(4)6-2/h6,11,13-14,18,20H,2,4-5,7-10H2,1,3H3. The predicted octanol–water partition coefficient (Wildman–Crippen LogP) is 1.78. The molecule has 3 atom stereocenters. The smallest absolute Gasteiger partial charge is 0.348 e.